The number of nitrogens with zero attached hydrogens (tertiary/aromatic N) is 2. The van der Waals surface area contributed by atoms with Crippen LogP contribution in [0.1, 0.15) is 48.9 Å². The molecule has 0 bridgehead atoms. The van der Waals surface area contributed by atoms with Gasteiger partial charge in [0.25, 0.3) is 0 Å². The summed E-state index contributed by atoms with van der Waals surface area (Å²) in [5.41, 5.74) is 3.82. The highest BCUT2D eigenvalue weighted by Crippen LogP contribution is 2.44. The third-order valence-electron chi connectivity index (χ3n) is 5.54. The summed E-state index contributed by atoms with van der Waals surface area (Å²) < 4.78 is 21.8. The standard InChI is InChI=1S/C22H28FN5O/c1-13-7-10-29-21-16(13)12-17(27-22-26-14(2)11-18(24-3)28-22)20(23)19(21)15-5-4-8-25-9-6-15/h6,11-13,25H,4-5,7-10H2,1-3H3,(H2,24,26,27,28). The van der Waals surface area contributed by atoms with E-state index in [1.165, 1.54) is 0 Å². The molecule has 2 aliphatic rings. The fraction of sp³-hybridized carbons (Fsp3) is 0.455. The van der Waals surface area contributed by atoms with Crippen molar-refractivity contribution < 1.29 is 9.13 Å². The number of allylic oxidation sites excluding steroid dienone is 1. The van der Waals surface area contributed by atoms with E-state index in [2.05, 4.69) is 38.9 Å². The van der Waals surface area contributed by atoms with Crippen LogP contribution in [0.2, 0.25) is 0 Å². The molecule has 29 heavy (non-hydrogen) atoms. The fourth-order valence-electron chi connectivity index (χ4n) is 3.96. The maximum absolute atomic E-state index is 15.8. The van der Waals surface area contributed by atoms with Crippen LogP contribution < -0.4 is 20.7 Å². The average molecular weight is 397 g/mol. The van der Waals surface area contributed by atoms with Gasteiger partial charge in [0.15, 0.2) is 5.82 Å². The van der Waals surface area contributed by atoms with Crippen LogP contribution in [0, 0.1) is 12.7 Å². The van der Waals surface area contributed by atoms with E-state index in [1.54, 1.807) is 7.05 Å². The number of benzene rings is 1. The van der Waals surface area contributed by atoms with Gasteiger partial charge in [0.1, 0.15) is 11.6 Å². The summed E-state index contributed by atoms with van der Waals surface area (Å²) in [6, 6.07) is 3.71. The Bertz CT molecular complexity index is 943. The molecule has 6 nitrogen and oxygen atoms in total. The molecule has 1 aromatic carbocycles. The Kier molecular flexibility index (Phi) is 5.67. The molecule has 0 fully saturated rings. The zero-order chi connectivity index (χ0) is 20.4. The number of hydrogen-bond donors (Lipinski definition) is 3. The minimum Gasteiger partial charge on any atom is -0.493 e. The minimum atomic E-state index is -0.304. The largest absolute Gasteiger partial charge is 0.493 e. The molecule has 3 N–H and O–H groups in total. The summed E-state index contributed by atoms with van der Waals surface area (Å²) in [6.45, 7) is 6.34. The van der Waals surface area contributed by atoms with Gasteiger partial charge in [-0.05, 0) is 55.9 Å². The Labute approximate surface area is 171 Å². The van der Waals surface area contributed by atoms with E-state index in [-0.39, 0.29) is 5.82 Å². The first-order valence-corrected chi connectivity index (χ1v) is 10.3. The van der Waals surface area contributed by atoms with E-state index < -0.39 is 0 Å². The molecule has 7 heteroatoms. The third-order valence-corrected chi connectivity index (χ3v) is 5.54. The summed E-state index contributed by atoms with van der Waals surface area (Å²) in [7, 11) is 1.80. The van der Waals surface area contributed by atoms with Crippen LogP contribution in [-0.4, -0.2) is 36.7 Å². The van der Waals surface area contributed by atoms with E-state index >= 15 is 4.39 Å². The molecule has 1 unspecified atom stereocenters. The average Bonchev–Trinajstić information content (AvgIpc) is 2.98. The number of hydrogen-bond acceptors (Lipinski definition) is 6. The van der Waals surface area contributed by atoms with Crippen LogP contribution in [0.15, 0.2) is 18.2 Å². The Balaban J connectivity index is 1.82. The lowest BCUT2D eigenvalue weighted by Gasteiger charge is -2.28. The van der Waals surface area contributed by atoms with Crippen LogP contribution in [0.4, 0.5) is 21.8 Å². The summed E-state index contributed by atoms with van der Waals surface area (Å²) in [6.07, 6.45) is 4.80. The van der Waals surface area contributed by atoms with E-state index in [0.29, 0.717) is 41.3 Å². The summed E-state index contributed by atoms with van der Waals surface area (Å²) in [5.74, 6) is 1.76. The van der Waals surface area contributed by atoms with Crippen molar-refractivity contribution in [2.45, 2.75) is 39.0 Å². The number of fused-ring (bicyclic) bond motifs is 1. The zero-order valence-corrected chi connectivity index (χ0v) is 17.2. The topological polar surface area (TPSA) is 71.1 Å². The van der Waals surface area contributed by atoms with Crippen molar-refractivity contribution in [2.24, 2.45) is 0 Å². The van der Waals surface area contributed by atoms with Gasteiger partial charge in [0.05, 0.1) is 17.9 Å². The molecule has 2 aliphatic heterocycles. The molecule has 4 rings (SSSR count). The van der Waals surface area contributed by atoms with Crippen molar-refractivity contribution in [1.82, 2.24) is 15.3 Å². The van der Waals surface area contributed by atoms with Gasteiger partial charge in [-0.25, -0.2) is 9.37 Å². The van der Waals surface area contributed by atoms with E-state index in [0.717, 1.165) is 49.2 Å². The molecule has 154 valence electrons. The van der Waals surface area contributed by atoms with Crippen LogP contribution in [0.5, 0.6) is 5.75 Å². The maximum atomic E-state index is 15.8. The second kappa shape index (κ2) is 8.37. The molecule has 0 radical (unpaired) electrons. The van der Waals surface area contributed by atoms with Gasteiger partial charge in [-0.15, -0.1) is 0 Å². The predicted molar refractivity (Wildman–Crippen MR) is 115 cm³/mol. The van der Waals surface area contributed by atoms with Gasteiger partial charge in [0, 0.05) is 25.4 Å². The van der Waals surface area contributed by atoms with Crippen molar-refractivity contribution in [3.63, 3.8) is 0 Å². The molecule has 0 saturated carbocycles. The number of nitrogens with one attached hydrogen (secondary N) is 3. The van der Waals surface area contributed by atoms with Gasteiger partial charge >= 0.3 is 0 Å². The molecule has 0 amide bonds. The monoisotopic (exact) mass is 397 g/mol. The Morgan fingerprint density at radius 3 is 2.97 bits per heavy atom. The van der Waals surface area contributed by atoms with Crippen molar-refractivity contribution in [3.05, 3.63) is 40.8 Å². The molecular weight excluding hydrogens is 369 g/mol. The first-order chi connectivity index (χ1) is 14.1. The van der Waals surface area contributed by atoms with Crippen LogP contribution in [0.3, 0.4) is 0 Å². The maximum Gasteiger partial charge on any atom is 0.229 e. The lowest BCUT2D eigenvalue weighted by atomic mass is 9.88. The normalized spacial score (nSPS) is 18.9. The zero-order valence-electron chi connectivity index (χ0n) is 17.2. The Morgan fingerprint density at radius 2 is 2.14 bits per heavy atom. The second-order valence-electron chi connectivity index (χ2n) is 7.70. The Morgan fingerprint density at radius 1 is 1.28 bits per heavy atom. The molecule has 1 aromatic heterocycles. The van der Waals surface area contributed by atoms with Gasteiger partial charge in [0.2, 0.25) is 5.95 Å². The van der Waals surface area contributed by atoms with Crippen LogP contribution in [0.25, 0.3) is 5.57 Å². The van der Waals surface area contributed by atoms with Crippen LogP contribution >= 0.6 is 0 Å². The van der Waals surface area contributed by atoms with Crippen molar-refractivity contribution in [1.29, 1.82) is 0 Å². The first kappa shape index (κ1) is 19.6. The molecule has 2 aromatic rings. The highest BCUT2D eigenvalue weighted by atomic mass is 19.1. The number of anilines is 3. The number of halogens is 1. The van der Waals surface area contributed by atoms with Gasteiger partial charge < -0.3 is 20.7 Å². The summed E-state index contributed by atoms with van der Waals surface area (Å²) in [5, 5.41) is 9.48. The van der Waals surface area contributed by atoms with E-state index in [1.807, 2.05) is 19.1 Å². The highest BCUT2D eigenvalue weighted by molar-refractivity contribution is 5.78. The van der Waals surface area contributed by atoms with Gasteiger partial charge in [-0.3, -0.25) is 0 Å². The lowest BCUT2D eigenvalue weighted by molar-refractivity contribution is 0.270. The summed E-state index contributed by atoms with van der Waals surface area (Å²) >= 11 is 0. The van der Waals surface area contributed by atoms with Gasteiger partial charge in [-0.2, -0.15) is 4.98 Å². The van der Waals surface area contributed by atoms with Gasteiger partial charge in [-0.1, -0.05) is 13.0 Å². The molecule has 0 saturated heterocycles. The molecular formula is C22H28FN5O. The third kappa shape index (κ3) is 4.05. The SMILES string of the molecule is CNc1cc(C)nc(Nc2cc3c(c(C4=CCNCCC4)c2F)OCCC3C)n1. The number of ether oxygens (including phenoxy) is 1. The van der Waals surface area contributed by atoms with E-state index in [9.17, 15) is 0 Å². The van der Waals surface area contributed by atoms with E-state index in [4.69, 9.17) is 4.74 Å². The molecule has 0 aliphatic carbocycles. The summed E-state index contributed by atoms with van der Waals surface area (Å²) in [4.78, 5) is 8.84. The number of aryl methyl sites for hydroxylation is 1. The quantitative estimate of drug-likeness (QED) is 0.712. The fourth-order valence-corrected chi connectivity index (χ4v) is 3.96. The van der Waals surface area contributed by atoms with Crippen molar-refractivity contribution in [2.75, 3.05) is 37.4 Å². The predicted octanol–water partition coefficient (Wildman–Crippen LogP) is 4.36. The molecule has 3 heterocycles. The molecule has 0 spiro atoms. The van der Waals surface area contributed by atoms with Crippen molar-refractivity contribution >= 4 is 23.0 Å². The minimum absolute atomic E-state index is 0.300. The second-order valence-corrected chi connectivity index (χ2v) is 7.70. The first-order valence-electron chi connectivity index (χ1n) is 10.3. The Hall–Kier alpha value is -2.67. The smallest absolute Gasteiger partial charge is 0.229 e. The lowest BCUT2D eigenvalue weighted by Crippen LogP contribution is -2.16. The van der Waals surface area contributed by atoms with Crippen molar-refractivity contribution in [3.8, 4) is 5.75 Å². The number of aromatic nitrogens is 2. The highest BCUT2D eigenvalue weighted by Gasteiger charge is 2.28. The number of rotatable bonds is 4. The molecule has 1 atom stereocenters. The van der Waals surface area contributed by atoms with Crippen LogP contribution in [-0.2, 0) is 0 Å².